The molecule has 1 aliphatic rings. The van der Waals surface area contributed by atoms with Gasteiger partial charge in [-0.2, -0.15) is 5.26 Å². The normalized spacial score (nSPS) is 26.1. The van der Waals surface area contributed by atoms with E-state index in [1.807, 2.05) is 30.3 Å². The van der Waals surface area contributed by atoms with E-state index in [0.29, 0.717) is 12.0 Å². The summed E-state index contributed by atoms with van der Waals surface area (Å²) in [6.07, 6.45) is -2.45. The molecule has 1 aromatic carbocycles. The molecule has 176 valence electrons. The van der Waals surface area contributed by atoms with Gasteiger partial charge in [-0.05, 0) is 49.5 Å². The number of carbonyl (C=O) groups excluding carboxylic acids is 1. The maximum absolute atomic E-state index is 12.8. The van der Waals surface area contributed by atoms with Crippen LogP contribution >= 0.6 is 0 Å². The second-order valence-corrected chi connectivity index (χ2v) is 8.10. The van der Waals surface area contributed by atoms with Crippen LogP contribution in [0.2, 0.25) is 0 Å². The summed E-state index contributed by atoms with van der Waals surface area (Å²) in [7, 11) is 0. The predicted molar refractivity (Wildman–Crippen MR) is 123 cm³/mol. The van der Waals surface area contributed by atoms with Crippen LogP contribution in [0.4, 0.5) is 5.69 Å². The van der Waals surface area contributed by atoms with Crippen LogP contribution in [0.15, 0.2) is 29.8 Å². The number of ether oxygens (including phenoxy) is 1. The van der Waals surface area contributed by atoms with Crippen molar-refractivity contribution in [1.29, 1.82) is 5.26 Å². The van der Waals surface area contributed by atoms with E-state index in [1.54, 1.807) is 13.8 Å². The highest BCUT2D eigenvalue weighted by Crippen LogP contribution is 2.25. The number of nitriles is 1. The van der Waals surface area contributed by atoms with Crippen molar-refractivity contribution in [3.8, 4) is 6.07 Å². The monoisotopic (exact) mass is 445 g/mol. The highest BCUT2D eigenvalue weighted by molar-refractivity contribution is 6.04. The molecular formula is C24H35N3O5. The zero-order valence-corrected chi connectivity index (χ0v) is 19.3. The fourth-order valence-electron chi connectivity index (χ4n) is 3.94. The maximum atomic E-state index is 12.8. The molecule has 2 rings (SSSR count). The van der Waals surface area contributed by atoms with Crippen molar-refractivity contribution in [2.24, 2.45) is 0 Å². The molecule has 1 saturated heterocycles. The number of nitrogens with one attached hydrogen (secondary N) is 1. The second kappa shape index (κ2) is 12.0. The van der Waals surface area contributed by atoms with Crippen molar-refractivity contribution in [3.05, 3.63) is 35.4 Å². The Bertz CT molecular complexity index is 827. The van der Waals surface area contributed by atoms with E-state index >= 15 is 0 Å². The predicted octanol–water partition coefficient (Wildman–Crippen LogP) is 1.94. The van der Waals surface area contributed by atoms with E-state index in [4.69, 9.17) is 4.74 Å². The molecular weight excluding hydrogens is 410 g/mol. The first-order valence-corrected chi connectivity index (χ1v) is 11.3. The van der Waals surface area contributed by atoms with Crippen molar-refractivity contribution < 1.29 is 24.9 Å². The van der Waals surface area contributed by atoms with Gasteiger partial charge in [0.2, 0.25) is 0 Å². The highest BCUT2D eigenvalue weighted by atomic mass is 16.6. The zero-order chi connectivity index (χ0) is 23.8. The van der Waals surface area contributed by atoms with Crippen LogP contribution < -0.4 is 10.2 Å². The van der Waals surface area contributed by atoms with Crippen LogP contribution in [-0.4, -0.2) is 65.0 Å². The van der Waals surface area contributed by atoms with Gasteiger partial charge in [-0.25, -0.2) is 0 Å². The largest absolute Gasteiger partial charge is 0.388 e. The molecule has 5 atom stereocenters. The number of anilines is 1. The quantitative estimate of drug-likeness (QED) is 0.338. The van der Waals surface area contributed by atoms with Gasteiger partial charge < -0.3 is 30.3 Å². The summed E-state index contributed by atoms with van der Waals surface area (Å²) in [4.78, 5) is 15.1. The lowest BCUT2D eigenvalue weighted by molar-refractivity contribution is -0.247. The molecule has 0 spiro atoms. The van der Waals surface area contributed by atoms with Crippen LogP contribution in [0, 0.1) is 11.3 Å². The third kappa shape index (κ3) is 5.87. The molecule has 0 aromatic heterocycles. The third-order valence-corrected chi connectivity index (χ3v) is 5.79. The molecule has 0 saturated carbocycles. The van der Waals surface area contributed by atoms with E-state index in [9.17, 15) is 25.4 Å². The minimum absolute atomic E-state index is 0.136. The van der Waals surface area contributed by atoms with Crippen LogP contribution in [0.1, 0.15) is 52.5 Å². The number of aliphatic hydroxyl groups excluding tert-OH is 3. The number of allylic oxidation sites excluding steroid dienone is 1. The summed E-state index contributed by atoms with van der Waals surface area (Å²) in [5.74, 6) is -0.749. The van der Waals surface area contributed by atoms with Crippen LogP contribution in [-0.2, 0) is 9.53 Å². The Kier molecular flexibility index (Phi) is 9.66. The Morgan fingerprint density at radius 2 is 1.69 bits per heavy atom. The number of nitrogens with zero attached hydrogens (tertiary/aromatic N) is 2. The van der Waals surface area contributed by atoms with Gasteiger partial charge >= 0.3 is 0 Å². The molecule has 1 unspecified atom stereocenters. The Morgan fingerprint density at radius 1 is 1.09 bits per heavy atom. The number of benzene rings is 1. The summed E-state index contributed by atoms with van der Waals surface area (Å²) in [5, 5.41) is 42.7. The van der Waals surface area contributed by atoms with E-state index in [0.717, 1.165) is 37.2 Å². The molecule has 1 aromatic rings. The van der Waals surface area contributed by atoms with Gasteiger partial charge in [0.1, 0.15) is 29.9 Å². The molecule has 1 amide bonds. The lowest BCUT2D eigenvalue weighted by atomic mass is 9.94. The molecule has 1 fully saturated rings. The molecule has 1 aliphatic heterocycles. The van der Waals surface area contributed by atoms with E-state index < -0.39 is 36.6 Å². The lowest BCUT2D eigenvalue weighted by Gasteiger charge is -2.40. The molecule has 0 aliphatic carbocycles. The fourth-order valence-corrected chi connectivity index (χ4v) is 3.94. The van der Waals surface area contributed by atoms with Crippen molar-refractivity contribution in [1.82, 2.24) is 5.32 Å². The zero-order valence-electron chi connectivity index (χ0n) is 19.3. The fraction of sp³-hybridized carbons (Fsp3) is 0.583. The molecule has 8 heteroatoms. The Morgan fingerprint density at radius 3 is 2.19 bits per heavy atom. The van der Waals surface area contributed by atoms with Gasteiger partial charge in [0.25, 0.3) is 5.91 Å². The molecule has 0 bridgehead atoms. The number of rotatable bonds is 9. The van der Waals surface area contributed by atoms with E-state index in [-0.39, 0.29) is 5.57 Å². The van der Waals surface area contributed by atoms with Gasteiger partial charge in [-0.3, -0.25) is 4.79 Å². The molecule has 4 N–H and O–H groups in total. The number of hydrogen-bond acceptors (Lipinski definition) is 7. The minimum Gasteiger partial charge on any atom is -0.388 e. The topological polar surface area (TPSA) is 126 Å². The first-order chi connectivity index (χ1) is 15.3. The van der Waals surface area contributed by atoms with Crippen molar-refractivity contribution in [2.75, 3.05) is 18.0 Å². The van der Waals surface area contributed by atoms with Crippen LogP contribution in [0.5, 0.6) is 0 Å². The SMILES string of the molecule is CCCN(CCC)c1ccc(/C(C)=C(\C#N)C(=O)N[C@H]2C(O)O[C@H](CC)[C@@H](O)[C@@H]2O)cc1. The molecule has 32 heavy (non-hydrogen) atoms. The van der Waals surface area contributed by atoms with Crippen LogP contribution in [0.3, 0.4) is 0 Å². The standard InChI is InChI=1S/C24H35N3O5/c1-5-12-27(13-6-2)17-10-8-16(9-11-17)15(4)18(14-25)23(30)26-20-22(29)21(28)19(7-3)32-24(20)31/h8-11,19-22,24,28-29,31H,5-7,12-13H2,1-4H3,(H,26,30)/b18-15+/t19-,20-,21-,22-,24?/m1/s1. The average molecular weight is 446 g/mol. The van der Waals surface area contributed by atoms with Crippen LogP contribution in [0.25, 0.3) is 5.57 Å². The van der Waals surface area contributed by atoms with Gasteiger partial charge in [0.05, 0.1) is 6.10 Å². The summed E-state index contributed by atoms with van der Waals surface area (Å²) in [6.45, 7) is 9.60. The molecule has 1 heterocycles. The van der Waals surface area contributed by atoms with Crippen molar-refractivity contribution in [2.45, 2.75) is 77.6 Å². The smallest absolute Gasteiger partial charge is 0.262 e. The Hall–Kier alpha value is -2.44. The van der Waals surface area contributed by atoms with E-state index in [2.05, 4.69) is 24.1 Å². The first-order valence-electron chi connectivity index (χ1n) is 11.3. The van der Waals surface area contributed by atoms with Crippen molar-refractivity contribution in [3.63, 3.8) is 0 Å². The molecule has 8 nitrogen and oxygen atoms in total. The third-order valence-electron chi connectivity index (χ3n) is 5.79. The lowest BCUT2D eigenvalue weighted by Crippen LogP contribution is -2.63. The summed E-state index contributed by atoms with van der Waals surface area (Å²) >= 11 is 0. The summed E-state index contributed by atoms with van der Waals surface area (Å²) in [6, 6.07) is 8.35. The molecule has 0 radical (unpaired) electrons. The minimum atomic E-state index is -1.50. The Balaban J connectivity index is 2.21. The van der Waals surface area contributed by atoms with Gasteiger partial charge in [-0.15, -0.1) is 0 Å². The van der Waals surface area contributed by atoms with Gasteiger partial charge in [0, 0.05) is 18.8 Å². The van der Waals surface area contributed by atoms with E-state index in [1.165, 1.54) is 0 Å². The second-order valence-electron chi connectivity index (χ2n) is 8.10. The Labute approximate surface area is 190 Å². The summed E-state index contributed by atoms with van der Waals surface area (Å²) in [5.41, 5.74) is 2.14. The summed E-state index contributed by atoms with van der Waals surface area (Å²) < 4.78 is 5.29. The highest BCUT2D eigenvalue weighted by Gasteiger charge is 2.44. The first kappa shape index (κ1) is 25.8. The maximum Gasteiger partial charge on any atom is 0.262 e. The van der Waals surface area contributed by atoms with Crippen molar-refractivity contribution >= 4 is 17.2 Å². The number of hydrogen-bond donors (Lipinski definition) is 4. The number of aliphatic hydroxyl groups is 3. The number of amides is 1. The average Bonchev–Trinajstić information content (AvgIpc) is 2.79. The number of carbonyl (C=O) groups is 1. The van der Waals surface area contributed by atoms with Gasteiger partial charge in [0.15, 0.2) is 6.29 Å². The van der Waals surface area contributed by atoms with Gasteiger partial charge in [-0.1, -0.05) is 32.9 Å².